The molecule has 0 aromatic heterocycles. The zero-order valence-corrected chi connectivity index (χ0v) is 11.6. The van der Waals surface area contributed by atoms with Gasteiger partial charge >= 0.3 is 0 Å². The molecule has 1 saturated heterocycles. The van der Waals surface area contributed by atoms with Crippen LogP contribution in [0.2, 0.25) is 0 Å². The van der Waals surface area contributed by atoms with Crippen molar-refractivity contribution in [3.8, 4) is 0 Å². The van der Waals surface area contributed by atoms with E-state index in [2.05, 4.69) is 5.32 Å². The Morgan fingerprint density at radius 3 is 2.30 bits per heavy atom. The van der Waals surface area contributed by atoms with Crippen molar-refractivity contribution in [3.63, 3.8) is 0 Å². The Hall–Kier alpha value is -1.00. The van der Waals surface area contributed by atoms with E-state index in [9.17, 15) is 8.78 Å². The smallest absolute Gasteiger partial charge is 0.126 e. The lowest BCUT2D eigenvalue weighted by atomic mass is 9.91. The van der Waals surface area contributed by atoms with Crippen LogP contribution < -0.4 is 5.32 Å². The highest BCUT2D eigenvalue weighted by molar-refractivity contribution is 5.21. The van der Waals surface area contributed by atoms with E-state index in [1.54, 1.807) is 0 Å². The van der Waals surface area contributed by atoms with Crippen LogP contribution in [0.3, 0.4) is 0 Å². The number of ether oxygens (including phenoxy) is 1. The Morgan fingerprint density at radius 2 is 1.65 bits per heavy atom. The fraction of sp³-hybridized carbons (Fsp3) is 0.625. The molecular formula is C16H21F2NO. The lowest BCUT2D eigenvalue weighted by Crippen LogP contribution is -2.50. The average Bonchev–Trinajstić information content (AvgIpc) is 2.63. The molecule has 1 saturated carbocycles. The van der Waals surface area contributed by atoms with Crippen molar-refractivity contribution < 1.29 is 13.5 Å². The Bertz CT molecular complexity index is 449. The summed E-state index contributed by atoms with van der Waals surface area (Å²) in [5.41, 5.74) is 0.445. The predicted molar refractivity (Wildman–Crippen MR) is 73.5 cm³/mol. The van der Waals surface area contributed by atoms with Gasteiger partial charge in [-0.25, -0.2) is 8.78 Å². The molecule has 0 radical (unpaired) electrons. The van der Waals surface area contributed by atoms with Crippen LogP contribution in [0.15, 0.2) is 18.2 Å². The number of hydrogen-bond donors (Lipinski definition) is 1. The third-order valence-corrected chi connectivity index (χ3v) is 4.44. The second-order valence-corrected chi connectivity index (χ2v) is 6.04. The van der Waals surface area contributed by atoms with Gasteiger partial charge in [-0.15, -0.1) is 0 Å². The number of rotatable bonds is 1. The zero-order chi connectivity index (χ0) is 14.0. The molecule has 2 nitrogen and oxygen atoms in total. The van der Waals surface area contributed by atoms with Gasteiger partial charge < -0.3 is 10.1 Å². The second-order valence-electron chi connectivity index (χ2n) is 6.04. The summed E-state index contributed by atoms with van der Waals surface area (Å²) in [6.45, 7) is 1.46. The van der Waals surface area contributed by atoms with Crippen LogP contribution in [0.1, 0.15) is 50.2 Å². The molecule has 0 amide bonds. The molecule has 4 heteroatoms. The maximum Gasteiger partial charge on any atom is 0.126 e. The van der Waals surface area contributed by atoms with Gasteiger partial charge in [-0.2, -0.15) is 0 Å². The van der Waals surface area contributed by atoms with Crippen molar-refractivity contribution in [2.75, 3.05) is 13.1 Å². The first-order valence-electron chi connectivity index (χ1n) is 7.51. The SMILES string of the molecule is Fc1cc(F)cc(C2CNCC3(CCCCCC3)O2)c1. The van der Waals surface area contributed by atoms with Gasteiger partial charge in [-0.1, -0.05) is 25.7 Å². The largest absolute Gasteiger partial charge is 0.364 e. The monoisotopic (exact) mass is 281 g/mol. The summed E-state index contributed by atoms with van der Waals surface area (Å²) in [6, 6.07) is 3.66. The first-order valence-corrected chi connectivity index (χ1v) is 7.51. The number of hydrogen-bond acceptors (Lipinski definition) is 2. The van der Waals surface area contributed by atoms with Crippen LogP contribution in [0, 0.1) is 11.6 Å². The van der Waals surface area contributed by atoms with Crippen molar-refractivity contribution in [2.45, 2.75) is 50.2 Å². The zero-order valence-electron chi connectivity index (χ0n) is 11.6. The fourth-order valence-electron chi connectivity index (χ4n) is 3.43. The van der Waals surface area contributed by atoms with Gasteiger partial charge in [0.1, 0.15) is 11.6 Å². The van der Waals surface area contributed by atoms with E-state index in [0.717, 1.165) is 25.5 Å². The number of morpholine rings is 1. The van der Waals surface area contributed by atoms with Crippen molar-refractivity contribution in [2.24, 2.45) is 0 Å². The first-order chi connectivity index (χ1) is 9.67. The highest BCUT2D eigenvalue weighted by atomic mass is 19.1. The maximum absolute atomic E-state index is 13.4. The second kappa shape index (κ2) is 5.78. The molecule has 1 N–H and O–H groups in total. The number of benzene rings is 1. The van der Waals surface area contributed by atoms with E-state index >= 15 is 0 Å². The lowest BCUT2D eigenvalue weighted by Gasteiger charge is -2.41. The lowest BCUT2D eigenvalue weighted by molar-refractivity contribution is -0.126. The quantitative estimate of drug-likeness (QED) is 0.847. The van der Waals surface area contributed by atoms with E-state index in [4.69, 9.17) is 4.74 Å². The summed E-state index contributed by atoms with van der Waals surface area (Å²) in [5.74, 6) is -1.08. The molecule has 1 aliphatic heterocycles. The molecular weight excluding hydrogens is 260 g/mol. The van der Waals surface area contributed by atoms with Gasteiger partial charge in [0.25, 0.3) is 0 Å². The van der Waals surface area contributed by atoms with Crippen molar-refractivity contribution in [1.82, 2.24) is 5.32 Å². The van der Waals surface area contributed by atoms with E-state index in [-0.39, 0.29) is 11.7 Å². The summed E-state index contributed by atoms with van der Waals surface area (Å²) in [5, 5.41) is 3.39. The molecule has 2 fully saturated rings. The summed E-state index contributed by atoms with van der Waals surface area (Å²) in [6.07, 6.45) is 6.67. The Labute approximate surface area is 118 Å². The Balaban J connectivity index is 1.80. The van der Waals surface area contributed by atoms with Crippen molar-refractivity contribution in [3.05, 3.63) is 35.4 Å². The van der Waals surface area contributed by atoms with Gasteiger partial charge in [0.2, 0.25) is 0 Å². The molecule has 1 heterocycles. The maximum atomic E-state index is 13.4. The van der Waals surface area contributed by atoms with Crippen LogP contribution in [0.25, 0.3) is 0 Å². The molecule has 0 bridgehead atoms. The third-order valence-electron chi connectivity index (χ3n) is 4.44. The Kier molecular flexibility index (Phi) is 4.03. The summed E-state index contributed by atoms with van der Waals surface area (Å²) in [7, 11) is 0. The minimum Gasteiger partial charge on any atom is -0.364 e. The van der Waals surface area contributed by atoms with Crippen molar-refractivity contribution >= 4 is 0 Å². The van der Waals surface area contributed by atoms with Gasteiger partial charge in [-0.3, -0.25) is 0 Å². The van der Waals surface area contributed by atoms with Crippen molar-refractivity contribution in [1.29, 1.82) is 0 Å². The molecule has 110 valence electrons. The van der Waals surface area contributed by atoms with Gasteiger partial charge in [0, 0.05) is 19.2 Å². The van der Waals surface area contributed by atoms with Crippen LogP contribution in [0.5, 0.6) is 0 Å². The summed E-state index contributed by atoms with van der Waals surface area (Å²) < 4.78 is 33.0. The molecule has 1 unspecified atom stereocenters. The molecule has 2 aliphatic rings. The molecule has 1 spiro atoms. The molecule has 3 rings (SSSR count). The summed E-state index contributed by atoms with van der Waals surface area (Å²) >= 11 is 0. The minimum atomic E-state index is -0.538. The fourth-order valence-corrected chi connectivity index (χ4v) is 3.43. The van der Waals surface area contributed by atoms with Gasteiger partial charge in [-0.05, 0) is 30.5 Å². The van der Waals surface area contributed by atoms with Gasteiger partial charge in [0.05, 0.1) is 11.7 Å². The van der Waals surface area contributed by atoms with Gasteiger partial charge in [0.15, 0.2) is 0 Å². The highest BCUT2D eigenvalue weighted by Crippen LogP contribution is 2.37. The van der Waals surface area contributed by atoms with E-state index in [0.29, 0.717) is 12.1 Å². The Morgan fingerprint density at radius 1 is 1.00 bits per heavy atom. The highest BCUT2D eigenvalue weighted by Gasteiger charge is 2.38. The van der Waals surface area contributed by atoms with Crippen LogP contribution in [0.4, 0.5) is 8.78 Å². The number of halogens is 2. The van der Waals surface area contributed by atoms with Crippen LogP contribution in [-0.4, -0.2) is 18.7 Å². The standard InChI is InChI=1S/C16H21F2NO/c17-13-7-12(8-14(18)9-13)15-10-19-11-16(20-15)5-3-1-2-4-6-16/h7-9,15,19H,1-6,10-11H2. The third kappa shape index (κ3) is 3.01. The molecule has 20 heavy (non-hydrogen) atoms. The minimum absolute atomic E-state index is 0.151. The molecule has 1 atom stereocenters. The van der Waals surface area contributed by atoms with Crippen LogP contribution >= 0.6 is 0 Å². The molecule has 1 aliphatic carbocycles. The number of nitrogens with one attached hydrogen (secondary N) is 1. The molecule has 1 aromatic rings. The van der Waals surface area contributed by atoms with E-state index in [1.165, 1.54) is 37.8 Å². The predicted octanol–water partition coefficient (Wildman–Crippen LogP) is 3.72. The van der Waals surface area contributed by atoms with Crippen LogP contribution in [-0.2, 0) is 4.74 Å². The summed E-state index contributed by atoms with van der Waals surface area (Å²) in [4.78, 5) is 0. The van der Waals surface area contributed by atoms with E-state index in [1.807, 2.05) is 0 Å². The first kappa shape index (κ1) is 14.0. The molecule has 1 aromatic carbocycles. The van der Waals surface area contributed by atoms with E-state index < -0.39 is 11.6 Å². The average molecular weight is 281 g/mol. The topological polar surface area (TPSA) is 21.3 Å². The normalized spacial score (nSPS) is 26.4.